The molecule has 0 amide bonds. The van der Waals surface area contributed by atoms with Crippen LogP contribution in [0.15, 0.2) is 18.6 Å². The van der Waals surface area contributed by atoms with E-state index < -0.39 is 0 Å². The minimum atomic E-state index is -0.384. The summed E-state index contributed by atoms with van der Waals surface area (Å²) in [5.74, 6) is 0.622. The van der Waals surface area contributed by atoms with Crippen molar-refractivity contribution in [3.05, 3.63) is 45.5 Å². The minimum absolute atomic E-state index is 0.0999. The lowest BCUT2D eigenvalue weighted by atomic mass is 10.1. The molecule has 0 aliphatic rings. The Balaban J connectivity index is 2.17. The molecular weight excluding hydrogens is 260 g/mol. The Bertz CT molecular complexity index is 637. The van der Waals surface area contributed by atoms with Gasteiger partial charge in [-0.25, -0.2) is 0 Å². The van der Waals surface area contributed by atoms with Crippen LogP contribution in [0.25, 0.3) is 0 Å². The highest BCUT2D eigenvalue weighted by atomic mass is 16.6. The number of aryl methyl sites for hydroxylation is 2. The van der Waals surface area contributed by atoms with Crippen LogP contribution in [0.2, 0.25) is 0 Å². The van der Waals surface area contributed by atoms with Crippen molar-refractivity contribution >= 4 is 5.69 Å². The highest BCUT2D eigenvalue weighted by Crippen LogP contribution is 2.24. The summed E-state index contributed by atoms with van der Waals surface area (Å²) in [7, 11) is 0. The summed E-state index contributed by atoms with van der Waals surface area (Å²) in [4.78, 5) is 14.9. The van der Waals surface area contributed by atoms with Gasteiger partial charge in [-0.05, 0) is 20.8 Å². The van der Waals surface area contributed by atoms with Crippen molar-refractivity contribution in [2.75, 3.05) is 0 Å². The summed E-state index contributed by atoms with van der Waals surface area (Å²) in [6, 6.07) is 0. The quantitative estimate of drug-likeness (QED) is 0.618. The van der Waals surface area contributed by atoms with Crippen LogP contribution >= 0.6 is 0 Å². The van der Waals surface area contributed by atoms with Gasteiger partial charge in [-0.15, -0.1) is 0 Å². The van der Waals surface area contributed by atoms with Gasteiger partial charge in [-0.2, -0.15) is 5.10 Å². The highest BCUT2D eigenvalue weighted by Gasteiger charge is 2.18. The summed E-state index contributed by atoms with van der Waals surface area (Å²) < 4.78 is 7.30. The van der Waals surface area contributed by atoms with Crippen LogP contribution in [-0.2, 0) is 13.2 Å². The van der Waals surface area contributed by atoms with Crippen LogP contribution in [0.1, 0.15) is 23.7 Å². The molecule has 2 rings (SSSR count). The number of ether oxygens (including phenoxy) is 1. The Morgan fingerprint density at radius 2 is 2.15 bits per heavy atom. The Morgan fingerprint density at radius 1 is 1.40 bits per heavy atom. The molecule has 0 saturated carbocycles. The maximum absolute atomic E-state index is 11.0. The molecule has 7 nitrogen and oxygen atoms in total. The number of nitro groups is 1. The molecule has 106 valence electrons. The van der Waals surface area contributed by atoms with E-state index in [1.54, 1.807) is 30.9 Å². The van der Waals surface area contributed by atoms with E-state index in [0.717, 1.165) is 6.54 Å². The van der Waals surface area contributed by atoms with E-state index in [1.807, 2.05) is 6.92 Å². The first kappa shape index (κ1) is 14.0. The van der Waals surface area contributed by atoms with Crippen molar-refractivity contribution < 1.29 is 9.66 Å². The van der Waals surface area contributed by atoms with Gasteiger partial charge in [0.1, 0.15) is 6.61 Å². The van der Waals surface area contributed by atoms with Crippen molar-refractivity contribution in [2.45, 2.75) is 33.9 Å². The fourth-order valence-electron chi connectivity index (χ4n) is 1.94. The number of aromatic nitrogens is 3. The zero-order chi connectivity index (χ0) is 14.7. The van der Waals surface area contributed by atoms with Gasteiger partial charge in [-0.3, -0.25) is 19.8 Å². The van der Waals surface area contributed by atoms with Gasteiger partial charge in [0, 0.05) is 18.3 Å². The summed E-state index contributed by atoms with van der Waals surface area (Å²) in [5, 5.41) is 15.1. The Labute approximate surface area is 116 Å². The molecule has 2 heterocycles. The van der Waals surface area contributed by atoms with Crippen LogP contribution < -0.4 is 4.74 Å². The molecule has 0 fully saturated rings. The monoisotopic (exact) mass is 276 g/mol. The molecule has 7 heteroatoms. The van der Waals surface area contributed by atoms with Gasteiger partial charge in [0.2, 0.25) is 0 Å². The number of nitrogens with zero attached hydrogens (tertiary/aromatic N) is 4. The summed E-state index contributed by atoms with van der Waals surface area (Å²) >= 11 is 0. The zero-order valence-electron chi connectivity index (χ0n) is 11.7. The zero-order valence-corrected chi connectivity index (χ0v) is 11.7. The van der Waals surface area contributed by atoms with Gasteiger partial charge >= 0.3 is 0 Å². The standard InChI is InChI=1S/C13H16N4O3/c1-4-16-7-11(6-15-16)20-8-12-10(3)13(17(18)19)9(2)5-14-12/h5-7H,4,8H2,1-3H3. The first-order valence-corrected chi connectivity index (χ1v) is 6.27. The number of pyridine rings is 1. The molecule has 0 radical (unpaired) electrons. The third kappa shape index (κ3) is 2.76. The number of rotatable bonds is 5. The second-order valence-electron chi connectivity index (χ2n) is 4.44. The van der Waals surface area contributed by atoms with Gasteiger partial charge < -0.3 is 4.74 Å². The maximum atomic E-state index is 11.0. The third-order valence-corrected chi connectivity index (χ3v) is 3.07. The van der Waals surface area contributed by atoms with E-state index in [-0.39, 0.29) is 17.2 Å². The highest BCUT2D eigenvalue weighted by molar-refractivity contribution is 5.47. The van der Waals surface area contributed by atoms with Crippen molar-refractivity contribution in [3.8, 4) is 5.75 Å². The molecule has 0 atom stereocenters. The Morgan fingerprint density at radius 3 is 2.75 bits per heavy atom. The number of hydrogen-bond acceptors (Lipinski definition) is 5. The predicted molar refractivity (Wildman–Crippen MR) is 72.6 cm³/mol. The average Bonchev–Trinajstić information content (AvgIpc) is 2.85. The van der Waals surface area contributed by atoms with Crippen LogP contribution in [0.4, 0.5) is 5.69 Å². The van der Waals surface area contributed by atoms with Gasteiger partial charge in [0.05, 0.1) is 28.6 Å². The lowest BCUT2D eigenvalue weighted by molar-refractivity contribution is -0.386. The van der Waals surface area contributed by atoms with Crippen molar-refractivity contribution in [3.63, 3.8) is 0 Å². The molecule has 0 saturated heterocycles. The van der Waals surface area contributed by atoms with Crippen molar-refractivity contribution in [1.29, 1.82) is 0 Å². The summed E-state index contributed by atoms with van der Waals surface area (Å²) in [6.07, 6.45) is 4.89. The van der Waals surface area contributed by atoms with E-state index >= 15 is 0 Å². The molecule has 0 N–H and O–H groups in total. The molecular formula is C13H16N4O3. The van der Waals surface area contributed by atoms with E-state index in [4.69, 9.17) is 4.74 Å². The Hall–Kier alpha value is -2.44. The van der Waals surface area contributed by atoms with Crippen molar-refractivity contribution in [2.24, 2.45) is 0 Å². The SMILES string of the molecule is CCn1cc(OCc2ncc(C)c([N+](=O)[O-])c2C)cn1. The second kappa shape index (κ2) is 5.68. The first-order chi connectivity index (χ1) is 9.52. The fourth-order valence-corrected chi connectivity index (χ4v) is 1.94. The molecule has 0 aromatic carbocycles. The Kier molecular flexibility index (Phi) is 3.97. The first-order valence-electron chi connectivity index (χ1n) is 6.27. The van der Waals surface area contributed by atoms with Crippen molar-refractivity contribution in [1.82, 2.24) is 14.8 Å². The third-order valence-electron chi connectivity index (χ3n) is 3.07. The van der Waals surface area contributed by atoms with E-state index in [0.29, 0.717) is 22.6 Å². The molecule has 20 heavy (non-hydrogen) atoms. The summed E-state index contributed by atoms with van der Waals surface area (Å²) in [6.45, 7) is 6.28. The molecule has 2 aromatic heterocycles. The smallest absolute Gasteiger partial charge is 0.278 e. The topological polar surface area (TPSA) is 83.1 Å². The largest absolute Gasteiger partial charge is 0.484 e. The lowest BCUT2D eigenvalue weighted by Crippen LogP contribution is -2.05. The summed E-state index contributed by atoms with van der Waals surface area (Å²) in [5.41, 5.74) is 1.75. The van der Waals surface area contributed by atoms with Crippen LogP contribution in [-0.4, -0.2) is 19.7 Å². The lowest BCUT2D eigenvalue weighted by Gasteiger charge is -2.08. The van der Waals surface area contributed by atoms with Crippen LogP contribution in [0.5, 0.6) is 5.75 Å². The average molecular weight is 276 g/mol. The normalized spacial score (nSPS) is 10.6. The molecule has 0 unspecified atom stereocenters. The van der Waals surface area contributed by atoms with E-state index in [1.165, 1.54) is 6.20 Å². The van der Waals surface area contributed by atoms with Gasteiger partial charge in [0.15, 0.2) is 5.75 Å². The van der Waals surface area contributed by atoms with Crippen LogP contribution in [0, 0.1) is 24.0 Å². The molecule has 0 bridgehead atoms. The molecule has 2 aromatic rings. The molecule has 0 spiro atoms. The number of hydrogen-bond donors (Lipinski definition) is 0. The molecule has 0 aliphatic carbocycles. The predicted octanol–water partition coefficient (Wildman–Crippen LogP) is 2.40. The second-order valence-corrected chi connectivity index (χ2v) is 4.44. The fraction of sp³-hybridized carbons (Fsp3) is 0.385. The maximum Gasteiger partial charge on any atom is 0.278 e. The van der Waals surface area contributed by atoms with Gasteiger partial charge in [-0.1, -0.05) is 0 Å². The van der Waals surface area contributed by atoms with Crippen LogP contribution in [0.3, 0.4) is 0 Å². The van der Waals surface area contributed by atoms with E-state index in [2.05, 4.69) is 10.1 Å². The van der Waals surface area contributed by atoms with E-state index in [9.17, 15) is 10.1 Å². The minimum Gasteiger partial charge on any atom is -0.484 e. The van der Waals surface area contributed by atoms with Gasteiger partial charge in [0.25, 0.3) is 5.69 Å². The molecule has 0 aliphatic heterocycles.